The first-order valence-corrected chi connectivity index (χ1v) is 11.4. The molecule has 1 aromatic carbocycles. The summed E-state index contributed by atoms with van der Waals surface area (Å²) in [5.74, 6) is 1.36. The van der Waals surface area contributed by atoms with Crippen LogP contribution in [0.15, 0.2) is 27.4 Å². The van der Waals surface area contributed by atoms with E-state index in [-0.39, 0.29) is 17.1 Å². The minimum atomic E-state index is -0.515. The van der Waals surface area contributed by atoms with Crippen molar-refractivity contribution in [2.75, 3.05) is 0 Å². The summed E-state index contributed by atoms with van der Waals surface area (Å²) in [6.07, 6.45) is 13.5. The SMILES string of the molecule is CCCCCCc1cc2ccc(C3CCC(CCCC)CC3)c(F)c2c(=O)o1. The molecule has 0 atom stereocenters. The van der Waals surface area contributed by atoms with E-state index in [0.717, 1.165) is 38.0 Å². The predicted molar refractivity (Wildman–Crippen MR) is 115 cm³/mol. The van der Waals surface area contributed by atoms with Gasteiger partial charge in [0.05, 0.1) is 0 Å². The van der Waals surface area contributed by atoms with Gasteiger partial charge >= 0.3 is 5.63 Å². The van der Waals surface area contributed by atoms with Crippen LogP contribution in [0.2, 0.25) is 0 Å². The van der Waals surface area contributed by atoms with E-state index in [4.69, 9.17) is 4.42 Å². The number of hydrogen-bond acceptors (Lipinski definition) is 2. The highest BCUT2D eigenvalue weighted by atomic mass is 19.1. The molecule has 28 heavy (non-hydrogen) atoms. The number of benzene rings is 1. The van der Waals surface area contributed by atoms with E-state index in [1.807, 2.05) is 18.2 Å². The fourth-order valence-electron chi connectivity index (χ4n) is 4.73. The fraction of sp³-hybridized carbons (Fsp3) is 0.640. The van der Waals surface area contributed by atoms with Crippen LogP contribution in [0.3, 0.4) is 0 Å². The smallest absolute Gasteiger partial charge is 0.346 e. The second kappa shape index (κ2) is 10.2. The van der Waals surface area contributed by atoms with E-state index >= 15 is 4.39 Å². The van der Waals surface area contributed by atoms with Gasteiger partial charge in [-0.2, -0.15) is 0 Å². The van der Waals surface area contributed by atoms with Gasteiger partial charge in [-0.25, -0.2) is 9.18 Å². The minimum absolute atomic E-state index is 0.142. The summed E-state index contributed by atoms with van der Waals surface area (Å²) in [6.45, 7) is 4.41. The Morgan fingerprint density at radius 1 is 1.00 bits per heavy atom. The topological polar surface area (TPSA) is 30.2 Å². The molecule has 0 aliphatic heterocycles. The molecule has 1 aliphatic rings. The fourth-order valence-corrected chi connectivity index (χ4v) is 4.73. The molecule has 2 aromatic rings. The monoisotopic (exact) mass is 386 g/mol. The highest BCUT2D eigenvalue weighted by molar-refractivity contribution is 5.83. The maximum atomic E-state index is 15.2. The summed E-state index contributed by atoms with van der Waals surface area (Å²) in [6, 6.07) is 5.69. The molecule has 1 fully saturated rings. The third-order valence-corrected chi connectivity index (χ3v) is 6.48. The first-order chi connectivity index (χ1) is 13.6. The zero-order valence-electron chi connectivity index (χ0n) is 17.6. The van der Waals surface area contributed by atoms with Crippen LogP contribution in [0, 0.1) is 11.7 Å². The van der Waals surface area contributed by atoms with Crippen molar-refractivity contribution in [3.8, 4) is 0 Å². The summed E-state index contributed by atoms with van der Waals surface area (Å²) < 4.78 is 20.7. The Hall–Kier alpha value is -1.64. The van der Waals surface area contributed by atoms with Gasteiger partial charge in [-0.05, 0) is 61.0 Å². The van der Waals surface area contributed by atoms with E-state index in [9.17, 15) is 4.79 Å². The van der Waals surface area contributed by atoms with Gasteiger partial charge in [0, 0.05) is 6.42 Å². The largest absolute Gasteiger partial charge is 0.427 e. The molecule has 3 rings (SSSR count). The van der Waals surface area contributed by atoms with Crippen LogP contribution in [0.1, 0.15) is 102 Å². The number of fused-ring (bicyclic) bond motifs is 1. The standard InChI is InChI=1S/C25H35FO2/c1-3-5-7-8-10-21-17-20-15-16-22(24(26)23(20)25(27)28-21)19-13-11-18(12-14-19)9-6-4-2/h15-19H,3-14H2,1-2H3. The van der Waals surface area contributed by atoms with Gasteiger partial charge in [-0.1, -0.05) is 64.5 Å². The third kappa shape index (κ3) is 5.04. The molecule has 1 heterocycles. The summed E-state index contributed by atoms with van der Waals surface area (Å²) in [5.41, 5.74) is 0.198. The first kappa shape index (κ1) is 21.1. The zero-order valence-corrected chi connectivity index (χ0v) is 17.6. The Balaban J connectivity index is 1.74. The Kier molecular flexibility index (Phi) is 7.70. The van der Waals surface area contributed by atoms with Crippen LogP contribution in [0.5, 0.6) is 0 Å². The van der Waals surface area contributed by atoms with Crippen molar-refractivity contribution in [3.63, 3.8) is 0 Å². The van der Waals surface area contributed by atoms with Gasteiger partial charge in [0.1, 0.15) is 17.0 Å². The van der Waals surface area contributed by atoms with Crippen LogP contribution in [-0.4, -0.2) is 0 Å². The van der Waals surface area contributed by atoms with Crippen molar-refractivity contribution < 1.29 is 8.81 Å². The van der Waals surface area contributed by atoms with Gasteiger partial charge in [-0.15, -0.1) is 0 Å². The van der Waals surface area contributed by atoms with Crippen molar-refractivity contribution in [2.24, 2.45) is 5.92 Å². The molecule has 0 unspecified atom stereocenters. The van der Waals surface area contributed by atoms with Gasteiger partial charge in [0.15, 0.2) is 0 Å². The molecular weight excluding hydrogens is 351 g/mol. The lowest BCUT2D eigenvalue weighted by molar-refractivity contribution is 0.301. The summed E-state index contributed by atoms with van der Waals surface area (Å²) in [5, 5.41) is 0.822. The summed E-state index contributed by atoms with van der Waals surface area (Å²) >= 11 is 0. The molecule has 0 N–H and O–H groups in total. The van der Waals surface area contributed by atoms with E-state index in [1.165, 1.54) is 44.9 Å². The average molecular weight is 387 g/mol. The van der Waals surface area contributed by atoms with Crippen LogP contribution < -0.4 is 5.63 Å². The molecule has 154 valence electrons. The number of halogens is 1. The Morgan fingerprint density at radius 3 is 2.46 bits per heavy atom. The predicted octanol–water partition coefficient (Wildman–Crippen LogP) is 7.52. The minimum Gasteiger partial charge on any atom is -0.427 e. The van der Waals surface area contributed by atoms with Crippen molar-refractivity contribution in [3.05, 3.63) is 45.8 Å². The van der Waals surface area contributed by atoms with E-state index < -0.39 is 5.63 Å². The lowest BCUT2D eigenvalue weighted by Crippen LogP contribution is -2.15. The molecule has 0 spiro atoms. The Morgan fingerprint density at radius 2 is 1.75 bits per heavy atom. The van der Waals surface area contributed by atoms with Crippen molar-refractivity contribution >= 4 is 10.8 Å². The van der Waals surface area contributed by atoms with Crippen molar-refractivity contribution in [2.45, 2.75) is 96.8 Å². The maximum absolute atomic E-state index is 15.2. The summed E-state index contributed by atoms with van der Waals surface area (Å²) in [7, 11) is 0. The Bertz CT molecular complexity index is 815. The van der Waals surface area contributed by atoms with Crippen molar-refractivity contribution in [1.29, 1.82) is 0 Å². The molecule has 3 heteroatoms. The summed E-state index contributed by atoms with van der Waals surface area (Å²) in [4.78, 5) is 12.5. The van der Waals surface area contributed by atoms with Crippen LogP contribution in [-0.2, 0) is 6.42 Å². The number of hydrogen-bond donors (Lipinski definition) is 0. The molecule has 1 saturated carbocycles. The third-order valence-electron chi connectivity index (χ3n) is 6.48. The van der Waals surface area contributed by atoms with Gasteiger partial charge in [-0.3, -0.25) is 0 Å². The molecular formula is C25H35FO2. The number of unbranched alkanes of at least 4 members (excludes halogenated alkanes) is 4. The van der Waals surface area contributed by atoms with Gasteiger partial charge in [0.2, 0.25) is 0 Å². The second-order valence-electron chi connectivity index (χ2n) is 8.60. The molecule has 0 amide bonds. The molecule has 0 radical (unpaired) electrons. The lowest BCUT2D eigenvalue weighted by Gasteiger charge is -2.29. The van der Waals surface area contributed by atoms with Crippen LogP contribution in [0.4, 0.5) is 4.39 Å². The first-order valence-electron chi connectivity index (χ1n) is 11.4. The van der Waals surface area contributed by atoms with Crippen LogP contribution >= 0.6 is 0 Å². The maximum Gasteiger partial charge on any atom is 0.346 e. The second-order valence-corrected chi connectivity index (χ2v) is 8.60. The average Bonchev–Trinajstić information content (AvgIpc) is 2.70. The van der Waals surface area contributed by atoms with E-state index in [0.29, 0.717) is 16.7 Å². The van der Waals surface area contributed by atoms with Crippen molar-refractivity contribution in [1.82, 2.24) is 0 Å². The molecule has 0 saturated heterocycles. The normalized spacial score (nSPS) is 20.0. The van der Waals surface area contributed by atoms with Crippen LogP contribution in [0.25, 0.3) is 10.8 Å². The highest BCUT2D eigenvalue weighted by Gasteiger charge is 2.25. The number of rotatable bonds is 9. The zero-order chi connectivity index (χ0) is 19.9. The molecule has 1 aromatic heterocycles. The van der Waals surface area contributed by atoms with E-state index in [2.05, 4.69) is 13.8 Å². The van der Waals surface area contributed by atoms with E-state index in [1.54, 1.807) is 0 Å². The molecule has 1 aliphatic carbocycles. The lowest BCUT2D eigenvalue weighted by atomic mass is 9.76. The molecule has 0 bridgehead atoms. The quantitative estimate of drug-likeness (QED) is 0.417. The van der Waals surface area contributed by atoms with Gasteiger partial charge < -0.3 is 4.42 Å². The molecule has 2 nitrogen and oxygen atoms in total. The number of aryl methyl sites for hydroxylation is 1. The Labute approximate surface area is 168 Å². The van der Waals surface area contributed by atoms with Gasteiger partial charge in [0.25, 0.3) is 0 Å². The highest BCUT2D eigenvalue weighted by Crippen LogP contribution is 2.39.